The Balaban J connectivity index is 4.91. The van der Waals surface area contributed by atoms with Gasteiger partial charge in [-0.3, -0.25) is 14.5 Å². The summed E-state index contributed by atoms with van der Waals surface area (Å²) in [6.07, 6.45) is 1.26. The maximum Gasteiger partial charge on any atom is 0.326 e. The van der Waals surface area contributed by atoms with Gasteiger partial charge >= 0.3 is 5.97 Å². The number of carboxylic acids is 1. The number of nitrogens with zero attached hydrogens (tertiary/aromatic N) is 1. The Morgan fingerprint density at radius 1 is 1.00 bits per heavy atom. The van der Waals surface area contributed by atoms with Crippen LogP contribution in [-0.4, -0.2) is 53.5 Å². The lowest BCUT2D eigenvalue weighted by Crippen LogP contribution is -2.52. The normalized spacial score (nSPS) is 11.9. The first-order valence-electron chi connectivity index (χ1n) is 5.67. The van der Waals surface area contributed by atoms with Crippen molar-refractivity contribution in [2.45, 2.75) is 25.3 Å². The van der Waals surface area contributed by atoms with Crippen LogP contribution in [0.5, 0.6) is 0 Å². The van der Waals surface area contributed by atoms with E-state index in [0.717, 1.165) is 0 Å². The fourth-order valence-corrected chi connectivity index (χ4v) is 1.53. The number of carbonyl (C=O) groups is 3. The van der Waals surface area contributed by atoms with Crippen LogP contribution >= 0.6 is 0 Å². The smallest absolute Gasteiger partial charge is 0.326 e. The summed E-state index contributed by atoms with van der Waals surface area (Å²) in [6, 6.07) is -1.23. The SMILES string of the molecule is NCCCC[C@@H](C(=O)O)N(C(=O)CN)C(=O)CN. The Morgan fingerprint density at radius 2 is 1.50 bits per heavy atom. The van der Waals surface area contributed by atoms with E-state index in [9.17, 15) is 14.4 Å². The number of hydrogen-bond acceptors (Lipinski definition) is 6. The lowest BCUT2D eigenvalue weighted by molar-refractivity contribution is -0.157. The van der Waals surface area contributed by atoms with E-state index >= 15 is 0 Å². The third kappa shape index (κ3) is 4.78. The van der Waals surface area contributed by atoms with Crippen LogP contribution in [0.15, 0.2) is 0 Å². The number of rotatable bonds is 8. The van der Waals surface area contributed by atoms with Crippen molar-refractivity contribution in [1.29, 1.82) is 0 Å². The average molecular weight is 260 g/mol. The van der Waals surface area contributed by atoms with Gasteiger partial charge in [-0.2, -0.15) is 0 Å². The zero-order valence-corrected chi connectivity index (χ0v) is 10.2. The van der Waals surface area contributed by atoms with Crippen molar-refractivity contribution in [3.8, 4) is 0 Å². The van der Waals surface area contributed by atoms with E-state index < -0.39 is 36.9 Å². The van der Waals surface area contributed by atoms with Gasteiger partial charge in [0.1, 0.15) is 6.04 Å². The number of carbonyl (C=O) groups excluding carboxylic acids is 2. The summed E-state index contributed by atoms with van der Waals surface area (Å²) in [5.41, 5.74) is 15.6. The molecule has 0 saturated heterocycles. The van der Waals surface area contributed by atoms with Crippen molar-refractivity contribution in [2.24, 2.45) is 17.2 Å². The molecule has 0 spiro atoms. The minimum atomic E-state index is -1.25. The minimum absolute atomic E-state index is 0.143. The van der Waals surface area contributed by atoms with Gasteiger partial charge in [0.05, 0.1) is 13.1 Å². The van der Waals surface area contributed by atoms with Gasteiger partial charge in [-0.15, -0.1) is 0 Å². The molecule has 0 rings (SSSR count). The van der Waals surface area contributed by atoms with Crippen LogP contribution < -0.4 is 17.2 Å². The highest BCUT2D eigenvalue weighted by atomic mass is 16.4. The standard InChI is InChI=1S/C10H20N4O4/c11-4-2-1-3-7(10(17)18)14(8(15)5-12)9(16)6-13/h7H,1-6,11-13H2,(H,17,18)/t7-/m0/s1. The van der Waals surface area contributed by atoms with Crippen LogP contribution in [0.25, 0.3) is 0 Å². The highest BCUT2D eigenvalue weighted by Gasteiger charge is 2.32. The van der Waals surface area contributed by atoms with Crippen LogP contribution in [0.2, 0.25) is 0 Å². The second-order valence-corrected chi connectivity index (χ2v) is 3.70. The molecular formula is C10H20N4O4. The molecule has 8 nitrogen and oxygen atoms in total. The average Bonchev–Trinajstić information content (AvgIpc) is 2.36. The molecule has 18 heavy (non-hydrogen) atoms. The summed E-state index contributed by atoms with van der Waals surface area (Å²) in [6.45, 7) is -0.458. The molecule has 0 radical (unpaired) electrons. The van der Waals surface area contributed by atoms with Crippen LogP contribution in [0.3, 0.4) is 0 Å². The highest BCUT2D eigenvalue weighted by Crippen LogP contribution is 2.10. The molecule has 8 heteroatoms. The van der Waals surface area contributed by atoms with Gasteiger partial charge in [-0.1, -0.05) is 0 Å². The summed E-state index contributed by atoms with van der Waals surface area (Å²) in [5.74, 6) is -2.74. The van der Waals surface area contributed by atoms with Crippen molar-refractivity contribution >= 4 is 17.8 Å². The van der Waals surface area contributed by atoms with Crippen LogP contribution in [0, 0.1) is 0 Å². The zero-order valence-electron chi connectivity index (χ0n) is 10.2. The summed E-state index contributed by atoms with van der Waals surface area (Å²) >= 11 is 0. The number of hydrogen-bond donors (Lipinski definition) is 4. The van der Waals surface area contributed by atoms with Crippen molar-refractivity contribution < 1.29 is 19.5 Å². The lowest BCUT2D eigenvalue weighted by atomic mass is 10.1. The highest BCUT2D eigenvalue weighted by molar-refractivity contribution is 6.00. The van der Waals surface area contributed by atoms with Gasteiger partial charge < -0.3 is 22.3 Å². The van der Waals surface area contributed by atoms with Crippen LogP contribution in [-0.2, 0) is 14.4 Å². The summed E-state index contributed by atoms with van der Waals surface area (Å²) in [4.78, 5) is 34.8. The Bertz CT molecular complexity index is 292. The van der Waals surface area contributed by atoms with Crippen molar-refractivity contribution in [1.82, 2.24) is 4.90 Å². The van der Waals surface area contributed by atoms with E-state index in [0.29, 0.717) is 24.3 Å². The molecular weight excluding hydrogens is 240 g/mol. The molecule has 7 N–H and O–H groups in total. The van der Waals surface area contributed by atoms with Gasteiger partial charge in [0, 0.05) is 0 Å². The van der Waals surface area contributed by atoms with Crippen molar-refractivity contribution in [2.75, 3.05) is 19.6 Å². The minimum Gasteiger partial charge on any atom is -0.480 e. The summed E-state index contributed by atoms with van der Waals surface area (Å²) < 4.78 is 0. The van der Waals surface area contributed by atoms with Gasteiger partial charge in [0.25, 0.3) is 0 Å². The molecule has 0 heterocycles. The molecule has 2 amide bonds. The first kappa shape index (κ1) is 16.5. The maximum atomic E-state index is 11.5. The van der Waals surface area contributed by atoms with E-state index in [-0.39, 0.29) is 6.42 Å². The fourth-order valence-electron chi connectivity index (χ4n) is 1.53. The van der Waals surface area contributed by atoms with Crippen LogP contribution in [0.1, 0.15) is 19.3 Å². The van der Waals surface area contributed by atoms with Gasteiger partial charge in [0.2, 0.25) is 11.8 Å². The summed E-state index contributed by atoms with van der Waals surface area (Å²) in [5, 5.41) is 9.07. The van der Waals surface area contributed by atoms with Crippen LogP contribution in [0.4, 0.5) is 0 Å². The number of aliphatic carboxylic acids is 1. The molecule has 0 aliphatic carbocycles. The topological polar surface area (TPSA) is 153 Å². The molecule has 0 aromatic rings. The number of amides is 2. The number of imide groups is 1. The van der Waals surface area contributed by atoms with E-state index in [1.807, 2.05) is 0 Å². The molecule has 0 aliphatic heterocycles. The molecule has 0 aliphatic rings. The zero-order chi connectivity index (χ0) is 14.1. The second kappa shape index (κ2) is 8.56. The van der Waals surface area contributed by atoms with E-state index in [4.69, 9.17) is 22.3 Å². The third-order valence-corrected chi connectivity index (χ3v) is 2.42. The monoisotopic (exact) mass is 260 g/mol. The second-order valence-electron chi connectivity index (χ2n) is 3.70. The van der Waals surface area contributed by atoms with Gasteiger partial charge in [-0.05, 0) is 25.8 Å². The molecule has 1 atom stereocenters. The molecule has 0 aromatic heterocycles. The molecule has 0 saturated carbocycles. The number of carboxylic acid groups (broad SMARTS) is 1. The Morgan fingerprint density at radius 3 is 1.83 bits per heavy atom. The first-order valence-corrected chi connectivity index (χ1v) is 5.67. The Labute approximate surface area is 105 Å². The Kier molecular flexibility index (Phi) is 7.84. The van der Waals surface area contributed by atoms with E-state index in [1.54, 1.807) is 0 Å². The molecule has 0 unspecified atom stereocenters. The summed E-state index contributed by atoms with van der Waals surface area (Å²) in [7, 11) is 0. The van der Waals surface area contributed by atoms with Crippen molar-refractivity contribution in [3.05, 3.63) is 0 Å². The van der Waals surface area contributed by atoms with Gasteiger partial charge in [-0.25, -0.2) is 4.79 Å². The molecule has 0 fully saturated rings. The maximum absolute atomic E-state index is 11.5. The predicted molar refractivity (Wildman–Crippen MR) is 64.3 cm³/mol. The lowest BCUT2D eigenvalue weighted by Gasteiger charge is -2.26. The molecule has 0 aromatic carbocycles. The first-order chi connectivity index (χ1) is 8.49. The Hall–Kier alpha value is -1.51. The third-order valence-electron chi connectivity index (χ3n) is 2.42. The number of unbranched alkanes of at least 4 members (excludes halogenated alkanes) is 1. The van der Waals surface area contributed by atoms with E-state index in [1.165, 1.54) is 0 Å². The molecule has 104 valence electrons. The van der Waals surface area contributed by atoms with E-state index in [2.05, 4.69) is 0 Å². The molecule has 0 bridgehead atoms. The quantitative estimate of drug-likeness (QED) is 0.362. The van der Waals surface area contributed by atoms with Gasteiger partial charge in [0.15, 0.2) is 0 Å². The fraction of sp³-hybridized carbons (Fsp3) is 0.700. The number of nitrogens with two attached hydrogens (primary N) is 3. The predicted octanol–water partition coefficient (Wildman–Crippen LogP) is -2.16. The largest absolute Gasteiger partial charge is 0.480 e. The van der Waals surface area contributed by atoms with Crippen molar-refractivity contribution in [3.63, 3.8) is 0 Å².